The van der Waals surface area contributed by atoms with Gasteiger partial charge in [-0.3, -0.25) is 9.97 Å². The Hall–Kier alpha value is -3.65. The van der Waals surface area contributed by atoms with Gasteiger partial charge in [-0.25, -0.2) is 14.8 Å². The van der Waals surface area contributed by atoms with Crippen molar-refractivity contribution in [3.8, 4) is 22.8 Å². The summed E-state index contributed by atoms with van der Waals surface area (Å²) in [5, 5.41) is 3.07. The third-order valence-corrected chi connectivity index (χ3v) is 4.82. The van der Waals surface area contributed by atoms with Crippen LogP contribution in [0.25, 0.3) is 33.8 Å². The van der Waals surface area contributed by atoms with E-state index in [1.165, 1.54) is 6.20 Å². The fraction of sp³-hybridized carbons (Fsp3) is 0.190. The summed E-state index contributed by atoms with van der Waals surface area (Å²) in [4.78, 5) is 33.5. The highest BCUT2D eigenvalue weighted by atomic mass is 16.5. The van der Waals surface area contributed by atoms with Crippen molar-refractivity contribution < 1.29 is 9.53 Å². The van der Waals surface area contributed by atoms with Gasteiger partial charge < -0.3 is 15.0 Å². The molecule has 4 aromatic heterocycles. The zero-order valence-corrected chi connectivity index (χ0v) is 15.7. The minimum absolute atomic E-state index is 0.0770. The lowest BCUT2D eigenvalue weighted by atomic mass is 10.1. The van der Waals surface area contributed by atoms with Crippen LogP contribution in [0.5, 0.6) is 0 Å². The Kier molecular flexibility index (Phi) is 4.25. The number of pyridine rings is 3. The fourth-order valence-corrected chi connectivity index (χ4v) is 3.18. The van der Waals surface area contributed by atoms with Gasteiger partial charge in [-0.05, 0) is 37.3 Å². The molecule has 0 amide bonds. The molecule has 0 spiro atoms. The van der Waals surface area contributed by atoms with Crippen molar-refractivity contribution >= 4 is 17.0 Å². The second kappa shape index (κ2) is 7.06. The van der Waals surface area contributed by atoms with E-state index in [-0.39, 0.29) is 12.1 Å². The number of rotatable bonds is 4. The van der Waals surface area contributed by atoms with Crippen LogP contribution in [0.2, 0.25) is 0 Å². The van der Waals surface area contributed by atoms with E-state index in [0.717, 1.165) is 22.8 Å². The molecule has 1 aliphatic rings. The smallest absolute Gasteiger partial charge is 0.340 e. The molecule has 0 aromatic carbocycles. The van der Waals surface area contributed by atoms with Crippen molar-refractivity contribution in [2.75, 3.05) is 13.1 Å². The normalized spacial score (nSPS) is 14.0. The number of fused-ring (bicyclic) bond motifs is 1. The molecule has 5 heterocycles. The van der Waals surface area contributed by atoms with E-state index in [0.29, 0.717) is 35.4 Å². The number of hydrogen-bond acceptors (Lipinski definition) is 7. The van der Waals surface area contributed by atoms with Crippen LogP contribution in [0.3, 0.4) is 0 Å². The Balaban J connectivity index is 1.51. The van der Waals surface area contributed by atoms with Gasteiger partial charge in [-0.2, -0.15) is 0 Å². The van der Waals surface area contributed by atoms with Gasteiger partial charge in [0.1, 0.15) is 11.8 Å². The summed E-state index contributed by atoms with van der Waals surface area (Å²) in [6.45, 7) is 3.31. The minimum atomic E-state index is -0.385. The van der Waals surface area contributed by atoms with Crippen molar-refractivity contribution in [2.24, 2.45) is 0 Å². The van der Waals surface area contributed by atoms with E-state index in [1.807, 2.05) is 37.3 Å². The molecule has 0 bridgehead atoms. The van der Waals surface area contributed by atoms with E-state index in [9.17, 15) is 4.79 Å². The molecule has 4 aromatic rings. The second-order valence-electron chi connectivity index (χ2n) is 6.93. The molecule has 0 saturated carbocycles. The van der Waals surface area contributed by atoms with Crippen molar-refractivity contribution in [2.45, 2.75) is 13.0 Å². The van der Waals surface area contributed by atoms with Gasteiger partial charge in [0.15, 0.2) is 0 Å². The van der Waals surface area contributed by atoms with Crippen molar-refractivity contribution in [1.82, 2.24) is 30.2 Å². The highest BCUT2D eigenvalue weighted by Gasteiger charge is 2.22. The molecule has 1 aliphatic heterocycles. The molecule has 0 aliphatic carbocycles. The van der Waals surface area contributed by atoms with E-state index < -0.39 is 0 Å². The van der Waals surface area contributed by atoms with Crippen molar-refractivity contribution in [3.63, 3.8) is 0 Å². The lowest BCUT2D eigenvalue weighted by molar-refractivity contribution is 0.0169. The Bertz CT molecular complexity index is 1210. The van der Waals surface area contributed by atoms with Crippen LogP contribution in [0.1, 0.15) is 16.1 Å². The maximum Gasteiger partial charge on any atom is 0.340 e. The number of ether oxygens (including phenoxy) is 1. The van der Waals surface area contributed by atoms with Gasteiger partial charge in [-0.15, -0.1) is 0 Å². The molecule has 1 saturated heterocycles. The van der Waals surface area contributed by atoms with Gasteiger partial charge in [0.05, 0.1) is 40.0 Å². The van der Waals surface area contributed by atoms with E-state index in [2.05, 4.69) is 25.3 Å². The average molecular weight is 386 g/mol. The van der Waals surface area contributed by atoms with E-state index >= 15 is 0 Å². The Morgan fingerprint density at radius 2 is 1.97 bits per heavy atom. The van der Waals surface area contributed by atoms with Crippen LogP contribution in [0.15, 0.2) is 48.9 Å². The lowest BCUT2D eigenvalue weighted by Crippen LogP contribution is -2.49. The Morgan fingerprint density at radius 1 is 1.07 bits per heavy atom. The molecule has 29 heavy (non-hydrogen) atoms. The molecule has 144 valence electrons. The summed E-state index contributed by atoms with van der Waals surface area (Å²) in [5.74, 6) is -0.385. The quantitative estimate of drug-likeness (QED) is 0.519. The zero-order valence-electron chi connectivity index (χ0n) is 15.7. The van der Waals surface area contributed by atoms with Gasteiger partial charge in [0.2, 0.25) is 0 Å². The topological polar surface area (TPSA) is 106 Å². The molecule has 0 unspecified atom stereocenters. The van der Waals surface area contributed by atoms with Crippen molar-refractivity contribution in [1.29, 1.82) is 0 Å². The summed E-state index contributed by atoms with van der Waals surface area (Å²) in [5.41, 5.74) is 5.57. The van der Waals surface area contributed by atoms with Crippen LogP contribution in [-0.4, -0.2) is 50.1 Å². The number of aryl methyl sites for hydroxylation is 1. The molecule has 0 radical (unpaired) electrons. The van der Waals surface area contributed by atoms with Crippen LogP contribution in [-0.2, 0) is 4.74 Å². The second-order valence-corrected chi connectivity index (χ2v) is 6.93. The summed E-state index contributed by atoms with van der Waals surface area (Å²) in [7, 11) is 0. The van der Waals surface area contributed by atoms with Crippen LogP contribution >= 0.6 is 0 Å². The number of aromatic nitrogens is 5. The predicted molar refractivity (Wildman–Crippen MR) is 107 cm³/mol. The largest absolute Gasteiger partial charge is 0.456 e. The third kappa shape index (κ3) is 3.34. The van der Waals surface area contributed by atoms with Crippen LogP contribution in [0.4, 0.5) is 0 Å². The number of carbonyl (C=O) groups excluding carboxylic acids is 1. The molecule has 0 atom stereocenters. The lowest BCUT2D eigenvalue weighted by Gasteiger charge is -2.26. The molecule has 1 fully saturated rings. The summed E-state index contributed by atoms with van der Waals surface area (Å²) in [6.07, 6.45) is 3.07. The van der Waals surface area contributed by atoms with Crippen molar-refractivity contribution in [3.05, 3.63) is 60.2 Å². The maximum atomic E-state index is 12.3. The number of hydrogen-bond donors (Lipinski definition) is 2. The molecular weight excluding hydrogens is 368 g/mol. The van der Waals surface area contributed by atoms with Gasteiger partial charge in [0.25, 0.3) is 0 Å². The fourth-order valence-electron chi connectivity index (χ4n) is 3.18. The van der Waals surface area contributed by atoms with Crippen LogP contribution < -0.4 is 5.32 Å². The predicted octanol–water partition coefficient (Wildman–Crippen LogP) is 2.52. The molecule has 5 rings (SSSR count). The number of H-pyrrole nitrogens is 1. The van der Waals surface area contributed by atoms with Crippen LogP contribution in [0, 0.1) is 6.92 Å². The standard InChI is InChI=1S/C21H18N6O2/c1-12-3-2-4-16(26-12)19-20(25-11-24-19)17-6-5-15-18(27-17)7-13(8-23-15)21(28)29-14-9-22-10-14/h2-8,11,14,22H,9-10H2,1H3,(H,24,25). The van der Waals surface area contributed by atoms with Gasteiger partial charge in [-0.1, -0.05) is 6.07 Å². The first-order valence-corrected chi connectivity index (χ1v) is 9.33. The SMILES string of the molecule is Cc1cccc(-c2nc[nH]c2-c2ccc3ncc(C(=O)OC4CNC4)cc3n2)n1. The molecule has 8 nitrogen and oxygen atoms in total. The van der Waals surface area contributed by atoms with E-state index in [1.54, 1.807) is 12.4 Å². The first-order valence-electron chi connectivity index (χ1n) is 9.33. The maximum absolute atomic E-state index is 12.3. The van der Waals surface area contributed by atoms with Gasteiger partial charge in [0, 0.05) is 25.0 Å². The highest BCUT2D eigenvalue weighted by Crippen LogP contribution is 2.28. The number of imidazole rings is 1. The number of aromatic amines is 1. The monoisotopic (exact) mass is 386 g/mol. The number of nitrogens with one attached hydrogen (secondary N) is 2. The highest BCUT2D eigenvalue weighted by molar-refractivity contribution is 5.93. The summed E-state index contributed by atoms with van der Waals surface area (Å²) in [6, 6.07) is 11.3. The molecule has 8 heteroatoms. The van der Waals surface area contributed by atoms with Gasteiger partial charge >= 0.3 is 5.97 Å². The Labute approximate surface area is 166 Å². The summed E-state index contributed by atoms with van der Waals surface area (Å²) >= 11 is 0. The van der Waals surface area contributed by atoms with E-state index in [4.69, 9.17) is 9.72 Å². The number of esters is 1. The first kappa shape index (κ1) is 17.4. The first-order chi connectivity index (χ1) is 14.2. The third-order valence-electron chi connectivity index (χ3n) is 4.82. The molecular formula is C21H18N6O2. The number of carbonyl (C=O) groups is 1. The zero-order chi connectivity index (χ0) is 19.8. The Morgan fingerprint density at radius 3 is 2.76 bits per heavy atom. The molecule has 2 N–H and O–H groups in total. The minimum Gasteiger partial charge on any atom is -0.456 e. The summed E-state index contributed by atoms with van der Waals surface area (Å²) < 4.78 is 5.42. The number of nitrogens with zero attached hydrogens (tertiary/aromatic N) is 4. The average Bonchev–Trinajstić information content (AvgIpc) is 3.19.